The minimum atomic E-state index is -0.187. The van der Waals surface area contributed by atoms with Gasteiger partial charge in [-0.05, 0) is 19.1 Å². The summed E-state index contributed by atoms with van der Waals surface area (Å²) in [7, 11) is 0. The number of aromatic nitrogens is 2. The number of anilines is 1. The third-order valence-corrected chi connectivity index (χ3v) is 2.92. The van der Waals surface area contributed by atoms with Crippen molar-refractivity contribution in [3.8, 4) is 0 Å². The average molecular weight is 251 g/mol. The number of hydrogen-bond donors (Lipinski definition) is 2. The zero-order chi connectivity index (χ0) is 11.5. The lowest BCUT2D eigenvalue weighted by Crippen LogP contribution is -2.11. The summed E-state index contributed by atoms with van der Waals surface area (Å²) in [5.74, 6) is -0.187. The Labute approximate surface area is 102 Å². The van der Waals surface area contributed by atoms with Crippen LogP contribution in [0, 0.1) is 6.92 Å². The first-order chi connectivity index (χ1) is 7.65. The van der Waals surface area contributed by atoms with Gasteiger partial charge in [0.15, 0.2) is 4.34 Å². The van der Waals surface area contributed by atoms with Crippen LogP contribution >= 0.6 is 24.0 Å². The van der Waals surface area contributed by atoms with Gasteiger partial charge in [-0.25, -0.2) is 0 Å². The van der Waals surface area contributed by atoms with Crippen LogP contribution in [-0.2, 0) is 0 Å². The molecule has 0 aliphatic rings. The number of hydrogen-bond acceptors (Lipinski definition) is 5. The highest BCUT2D eigenvalue weighted by Crippen LogP contribution is 2.18. The van der Waals surface area contributed by atoms with Crippen molar-refractivity contribution in [3.63, 3.8) is 0 Å². The van der Waals surface area contributed by atoms with Crippen LogP contribution in [0.3, 0.4) is 0 Å². The van der Waals surface area contributed by atoms with E-state index < -0.39 is 0 Å². The van der Waals surface area contributed by atoms with E-state index in [0.717, 1.165) is 5.56 Å². The molecule has 1 aromatic heterocycles. The van der Waals surface area contributed by atoms with E-state index in [2.05, 4.69) is 28.1 Å². The summed E-state index contributed by atoms with van der Waals surface area (Å²) in [5, 5.41) is 10.6. The molecular formula is C10H9N3OS2. The Hall–Kier alpha value is -1.40. The Morgan fingerprint density at radius 2 is 2.25 bits per heavy atom. The molecule has 6 heteroatoms. The number of nitrogens with zero attached hydrogens (tertiary/aromatic N) is 2. The van der Waals surface area contributed by atoms with E-state index in [9.17, 15) is 4.79 Å². The number of aryl methyl sites for hydroxylation is 1. The molecule has 0 saturated heterocycles. The summed E-state index contributed by atoms with van der Waals surface area (Å²) >= 11 is 5.25. The van der Waals surface area contributed by atoms with Crippen molar-refractivity contribution in [1.29, 1.82) is 0 Å². The van der Waals surface area contributed by atoms with Crippen LogP contribution in [0.25, 0.3) is 0 Å². The van der Waals surface area contributed by atoms with Gasteiger partial charge in [-0.1, -0.05) is 29.0 Å². The van der Waals surface area contributed by atoms with Crippen LogP contribution < -0.4 is 5.32 Å². The molecule has 0 atom stereocenters. The SMILES string of the molecule is Cc1cccc(C(=O)Nc2nnc(S)s2)c1. The van der Waals surface area contributed by atoms with Crippen LogP contribution in [0.15, 0.2) is 28.6 Å². The highest BCUT2D eigenvalue weighted by atomic mass is 32.2. The van der Waals surface area contributed by atoms with Crippen molar-refractivity contribution in [2.75, 3.05) is 5.32 Å². The van der Waals surface area contributed by atoms with Gasteiger partial charge in [0.2, 0.25) is 5.13 Å². The van der Waals surface area contributed by atoms with E-state index >= 15 is 0 Å². The van der Waals surface area contributed by atoms with Gasteiger partial charge in [-0.15, -0.1) is 22.8 Å². The summed E-state index contributed by atoms with van der Waals surface area (Å²) in [4.78, 5) is 11.8. The van der Waals surface area contributed by atoms with Crippen LogP contribution in [0.5, 0.6) is 0 Å². The van der Waals surface area contributed by atoms with E-state index in [0.29, 0.717) is 15.0 Å². The molecule has 82 valence electrons. The number of benzene rings is 1. The van der Waals surface area contributed by atoms with Crippen molar-refractivity contribution in [1.82, 2.24) is 10.2 Å². The maximum Gasteiger partial charge on any atom is 0.257 e. The number of carbonyl (C=O) groups excluding carboxylic acids is 1. The van der Waals surface area contributed by atoms with Crippen LogP contribution in [0.1, 0.15) is 15.9 Å². The van der Waals surface area contributed by atoms with E-state index in [1.165, 1.54) is 11.3 Å². The Balaban J connectivity index is 2.14. The molecule has 1 heterocycles. The van der Waals surface area contributed by atoms with Gasteiger partial charge in [-0.3, -0.25) is 10.1 Å². The quantitative estimate of drug-likeness (QED) is 0.636. The molecule has 0 aliphatic carbocycles. The largest absolute Gasteiger partial charge is 0.296 e. The maximum atomic E-state index is 11.8. The topological polar surface area (TPSA) is 54.9 Å². The second kappa shape index (κ2) is 4.63. The molecule has 1 N–H and O–H groups in total. The first-order valence-corrected chi connectivity index (χ1v) is 5.82. The third kappa shape index (κ3) is 2.59. The van der Waals surface area contributed by atoms with Crippen molar-refractivity contribution in [3.05, 3.63) is 35.4 Å². The standard InChI is InChI=1S/C10H9N3OS2/c1-6-3-2-4-7(5-6)8(14)11-9-12-13-10(15)16-9/h2-5H,1H3,(H,13,15)(H,11,12,14). The Morgan fingerprint density at radius 1 is 1.44 bits per heavy atom. The second-order valence-corrected chi connectivity index (χ2v) is 4.92. The van der Waals surface area contributed by atoms with Crippen LogP contribution in [-0.4, -0.2) is 16.1 Å². The monoisotopic (exact) mass is 251 g/mol. The lowest BCUT2D eigenvalue weighted by molar-refractivity contribution is 0.102. The zero-order valence-corrected chi connectivity index (χ0v) is 10.2. The third-order valence-electron chi connectivity index (χ3n) is 1.92. The summed E-state index contributed by atoms with van der Waals surface area (Å²) < 4.78 is 0.527. The molecular weight excluding hydrogens is 242 g/mol. The van der Waals surface area contributed by atoms with Crippen molar-refractivity contribution in [2.24, 2.45) is 0 Å². The molecule has 0 aliphatic heterocycles. The first kappa shape index (κ1) is 11.1. The van der Waals surface area contributed by atoms with E-state index in [1.54, 1.807) is 6.07 Å². The molecule has 0 bridgehead atoms. The van der Waals surface area contributed by atoms with E-state index in [1.807, 2.05) is 25.1 Å². The second-order valence-electron chi connectivity index (χ2n) is 3.21. The Kier molecular flexibility index (Phi) is 3.21. The molecule has 0 spiro atoms. The summed E-state index contributed by atoms with van der Waals surface area (Å²) in [6, 6.07) is 7.35. The van der Waals surface area contributed by atoms with E-state index in [4.69, 9.17) is 0 Å². The molecule has 0 fully saturated rings. The van der Waals surface area contributed by atoms with E-state index in [-0.39, 0.29) is 5.91 Å². The number of nitrogens with one attached hydrogen (secondary N) is 1. The minimum Gasteiger partial charge on any atom is -0.296 e. The molecule has 0 radical (unpaired) electrons. The van der Waals surface area contributed by atoms with Gasteiger partial charge in [0.25, 0.3) is 5.91 Å². The number of amides is 1. The lowest BCUT2D eigenvalue weighted by Gasteiger charge is -2.01. The van der Waals surface area contributed by atoms with Crippen molar-refractivity contribution >= 4 is 35.0 Å². The summed E-state index contributed by atoms with van der Waals surface area (Å²) in [6.07, 6.45) is 0. The van der Waals surface area contributed by atoms with Crippen LogP contribution in [0.2, 0.25) is 0 Å². The molecule has 0 unspecified atom stereocenters. The predicted octanol–water partition coefficient (Wildman–Crippen LogP) is 2.39. The van der Waals surface area contributed by atoms with Gasteiger partial charge >= 0.3 is 0 Å². The molecule has 1 aromatic carbocycles. The zero-order valence-electron chi connectivity index (χ0n) is 8.47. The van der Waals surface area contributed by atoms with Gasteiger partial charge in [0, 0.05) is 5.56 Å². The van der Waals surface area contributed by atoms with Gasteiger partial charge in [0.1, 0.15) is 0 Å². The first-order valence-electron chi connectivity index (χ1n) is 4.55. The van der Waals surface area contributed by atoms with Gasteiger partial charge in [0.05, 0.1) is 0 Å². The fourth-order valence-corrected chi connectivity index (χ4v) is 2.01. The van der Waals surface area contributed by atoms with Crippen molar-refractivity contribution in [2.45, 2.75) is 11.3 Å². The highest BCUT2D eigenvalue weighted by molar-refractivity contribution is 7.82. The lowest BCUT2D eigenvalue weighted by atomic mass is 10.1. The van der Waals surface area contributed by atoms with Crippen molar-refractivity contribution < 1.29 is 4.79 Å². The fourth-order valence-electron chi connectivity index (χ4n) is 1.22. The molecule has 4 nitrogen and oxygen atoms in total. The van der Waals surface area contributed by atoms with Gasteiger partial charge in [-0.2, -0.15) is 0 Å². The Bertz CT molecular complexity index is 524. The van der Waals surface area contributed by atoms with Gasteiger partial charge < -0.3 is 0 Å². The Morgan fingerprint density at radius 3 is 2.88 bits per heavy atom. The predicted molar refractivity (Wildman–Crippen MR) is 66.3 cm³/mol. The van der Waals surface area contributed by atoms with Crippen LogP contribution in [0.4, 0.5) is 5.13 Å². The smallest absolute Gasteiger partial charge is 0.257 e. The summed E-state index contributed by atoms with van der Waals surface area (Å²) in [5.41, 5.74) is 1.65. The molecule has 1 amide bonds. The number of rotatable bonds is 2. The highest BCUT2D eigenvalue weighted by Gasteiger charge is 2.08. The molecule has 0 saturated carbocycles. The average Bonchev–Trinajstić information content (AvgIpc) is 2.64. The normalized spacial score (nSPS) is 10.1. The number of carbonyl (C=O) groups is 1. The fraction of sp³-hybridized carbons (Fsp3) is 0.100. The maximum absolute atomic E-state index is 11.8. The molecule has 2 rings (SSSR count). The molecule has 16 heavy (non-hydrogen) atoms. The summed E-state index contributed by atoms with van der Waals surface area (Å²) in [6.45, 7) is 1.94. The minimum absolute atomic E-state index is 0.187. The molecule has 2 aromatic rings. The number of thiol groups is 1.